The molecule has 0 atom stereocenters. The van der Waals surface area contributed by atoms with Gasteiger partial charge in [-0.3, -0.25) is 4.79 Å². The van der Waals surface area contributed by atoms with Crippen LogP contribution in [0.2, 0.25) is 0 Å². The summed E-state index contributed by atoms with van der Waals surface area (Å²) >= 11 is 0. The second-order valence-corrected chi connectivity index (χ2v) is 9.40. The Labute approximate surface area is 181 Å². The van der Waals surface area contributed by atoms with Crippen LogP contribution in [0.25, 0.3) is 11.1 Å². The van der Waals surface area contributed by atoms with Crippen molar-refractivity contribution in [3.8, 4) is 17.2 Å². The summed E-state index contributed by atoms with van der Waals surface area (Å²) in [5, 5.41) is 12.3. The number of nitrogens with zero attached hydrogens (tertiary/aromatic N) is 3. The van der Waals surface area contributed by atoms with Crippen LogP contribution in [0.5, 0.6) is 0 Å². The first-order valence-electron chi connectivity index (χ1n) is 9.40. The number of aryl methyl sites for hydroxylation is 1. The van der Waals surface area contributed by atoms with Crippen molar-refractivity contribution in [2.75, 3.05) is 30.6 Å². The molecule has 158 valence electrons. The number of carbonyl (C=O) groups excluding carboxylic acids is 1. The molecule has 1 heterocycles. The second kappa shape index (κ2) is 8.58. The average Bonchev–Trinajstić information content (AvgIpc) is 2.74. The van der Waals surface area contributed by atoms with E-state index in [1.54, 1.807) is 35.4 Å². The smallest absolute Gasteiger partial charge is 0.255 e. The molecule has 1 amide bonds. The number of hydrogen-bond acceptors (Lipinski definition) is 6. The third-order valence-electron chi connectivity index (χ3n) is 4.74. The zero-order chi connectivity index (χ0) is 22.8. The molecule has 0 radical (unpaired) electrons. The van der Waals surface area contributed by atoms with Gasteiger partial charge in [-0.05, 0) is 54.4 Å². The molecule has 3 rings (SSSR count). The fourth-order valence-corrected chi connectivity index (χ4v) is 3.79. The molecule has 2 aromatic carbocycles. The Balaban J connectivity index is 1.94. The summed E-state index contributed by atoms with van der Waals surface area (Å²) in [5.74, 6) is 0.165. The van der Waals surface area contributed by atoms with Crippen LogP contribution in [0.3, 0.4) is 0 Å². The Bertz CT molecular complexity index is 1310. The highest BCUT2D eigenvalue weighted by Gasteiger charge is 2.14. The first kappa shape index (κ1) is 22.0. The maximum absolute atomic E-state index is 12.7. The lowest BCUT2D eigenvalue weighted by Gasteiger charge is -2.15. The van der Waals surface area contributed by atoms with E-state index in [-0.39, 0.29) is 10.5 Å². The standard InChI is InChI=1S/C23H22N4O3S/c1-15-8-9-19(26-23(28)16-6-5-7-20(11-16)31(4,29)30)12-21(15)18-10-17(13-24)22(25-14-18)27(2)3/h5-12,14H,1-4H3,(H,26,28). The summed E-state index contributed by atoms with van der Waals surface area (Å²) < 4.78 is 23.5. The molecule has 0 saturated carbocycles. The quantitative estimate of drug-likeness (QED) is 0.657. The predicted molar refractivity (Wildman–Crippen MR) is 121 cm³/mol. The largest absolute Gasteiger partial charge is 0.362 e. The minimum absolute atomic E-state index is 0.0841. The number of hydrogen-bond donors (Lipinski definition) is 1. The van der Waals surface area contributed by atoms with E-state index in [0.717, 1.165) is 22.9 Å². The Hall–Kier alpha value is -3.70. The SMILES string of the molecule is Cc1ccc(NC(=O)c2cccc(S(C)(=O)=O)c2)cc1-c1cnc(N(C)C)c(C#N)c1. The summed E-state index contributed by atoms with van der Waals surface area (Å²) in [6, 6.07) is 15.3. The molecule has 0 aliphatic rings. The van der Waals surface area contributed by atoms with Crippen molar-refractivity contribution in [3.05, 3.63) is 71.4 Å². The number of nitrogens with one attached hydrogen (secondary N) is 1. The summed E-state index contributed by atoms with van der Waals surface area (Å²) in [5.41, 5.74) is 3.79. The van der Waals surface area contributed by atoms with E-state index in [9.17, 15) is 18.5 Å². The van der Waals surface area contributed by atoms with Crippen LogP contribution in [0.1, 0.15) is 21.5 Å². The Morgan fingerprint density at radius 1 is 1.13 bits per heavy atom. The van der Waals surface area contributed by atoms with Crippen LogP contribution in [0.4, 0.5) is 11.5 Å². The number of anilines is 2. The highest BCUT2D eigenvalue weighted by atomic mass is 32.2. The van der Waals surface area contributed by atoms with Gasteiger partial charge in [0.15, 0.2) is 9.84 Å². The van der Waals surface area contributed by atoms with Crippen LogP contribution in [0.15, 0.2) is 59.6 Å². The van der Waals surface area contributed by atoms with Gasteiger partial charge in [-0.15, -0.1) is 0 Å². The maximum atomic E-state index is 12.7. The normalized spacial score (nSPS) is 10.9. The van der Waals surface area contributed by atoms with E-state index in [2.05, 4.69) is 16.4 Å². The van der Waals surface area contributed by atoms with E-state index in [1.165, 1.54) is 18.2 Å². The van der Waals surface area contributed by atoms with E-state index in [4.69, 9.17) is 0 Å². The highest BCUT2D eigenvalue weighted by Crippen LogP contribution is 2.29. The predicted octanol–water partition coefficient (Wildman–Crippen LogP) is 3.65. The number of pyridine rings is 1. The van der Waals surface area contributed by atoms with E-state index >= 15 is 0 Å². The number of sulfone groups is 1. The lowest BCUT2D eigenvalue weighted by Crippen LogP contribution is -2.13. The van der Waals surface area contributed by atoms with Crippen molar-refractivity contribution >= 4 is 27.2 Å². The highest BCUT2D eigenvalue weighted by molar-refractivity contribution is 7.90. The number of aromatic nitrogens is 1. The van der Waals surface area contributed by atoms with Crippen LogP contribution in [-0.4, -0.2) is 39.7 Å². The third kappa shape index (κ3) is 4.90. The molecule has 1 aromatic heterocycles. The first-order chi connectivity index (χ1) is 14.6. The lowest BCUT2D eigenvalue weighted by molar-refractivity contribution is 0.102. The molecule has 8 heteroatoms. The zero-order valence-corrected chi connectivity index (χ0v) is 18.5. The van der Waals surface area contributed by atoms with Crippen molar-refractivity contribution in [3.63, 3.8) is 0 Å². The molecule has 0 saturated heterocycles. The molecular formula is C23H22N4O3S. The van der Waals surface area contributed by atoms with Crippen molar-refractivity contribution in [1.82, 2.24) is 4.98 Å². The van der Waals surface area contributed by atoms with Crippen molar-refractivity contribution < 1.29 is 13.2 Å². The van der Waals surface area contributed by atoms with Crippen LogP contribution in [0, 0.1) is 18.3 Å². The molecule has 0 bridgehead atoms. The average molecular weight is 435 g/mol. The van der Waals surface area contributed by atoms with Crippen molar-refractivity contribution in [2.24, 2.45) is 0 Å². The molecule has 31 heavy (non-hydrogen) atoms. The van der Waals surface area contributed by atoms with Gasteiger partial charge in [0.1, 0.15) is 11.9 Å². The monoisotopic (exact) mass is 434 g/mol. The minimum atomic E-state index is -3.41. The van der Waals surface area contributed by atoms with Gasteiger partial charge in [0.25, 0.3) is 5.91 Å². The summed E-state index contributed by atoms with van der Waals surface area (Å²) in [6.45, 7) is 1.93. The van der Waals surface area contributed by atoms with Crippen molar-refractivity contribution in [2.45, 2.75) is 11.8 Å². The molecule has 1 N–H and O–H groups in total. The molecule has 0 aliphatic carbocycles. The van der Waals surface area contributed by atoms with Crippen LogP contribution < -0.4 is 10.2 Å². The molecule has 7 nitrogen and oxygen atoms in total. The fraction of sp³-hybridized carbons (Fsp3) is 0.174. The van der Waals surface area contributed by atoms with E-state index in [1.807, 2.05) is 27.1 Å². The maximum Gasteiger partial charge on any atom is 0.255 e. The molecular weight excluding hydrogens is 412 g/mol. The van der Waals surface area contributed by atoms with Gasteiger partial charge in [0.05, 0.1) is 10.5 Å². The Morgan fingerprint density at radius 2 is 1.87 bits per heavy atom. The van der Waals surface area contributed by atoms with Gasteiger partial charge in [-0.1, -0.05) is 12.1 Å². The summed E-state index contributed by atoms with van der Waals surface area (Å²) in [4.78, 5) is 18.9. The lowest BCUT2D eigenvalue weighted by atomic mass is 10.00. The molecule has 0 unspecified atom stereocenters. The van der Waals surface area contributed by atoms with Crippen molar-refractivity contribution in [1.29, 1.82) is 5.26 Å². The zero-order valence-electron chi connectivity index (χ0n) is 17.7. The first-order valence-corrected chi connectivity index (χ1v) is 11.3. The molecule has 3 aromatic rings. The van der Waals surface area contributed by atoms with E-state index in [0.29, 0.717) is 17.1 Å². The second-order valence-electron chi connectivity index (χ2n) is 7.39. The minimum Gasteiger partial charge on any atom is -0.362 e. The van der Waals surface area contributed by atoms with Crippen LogP contribution >= 0.6 is 0 Å². The Kier molecular flexibility index (Phi) is 6.09. The topological polar surface area (TPSA) is 103 Å². The number of benzene rings is 2. The molecule has 0 aliphatic heterocycles. The Morgan fingerprint density at radius 3 is 2.52 bits per heavy atom. The van der Waals surface area contributed by atoms with Gasteiger partial charge in [-0.25, -0.2) is 13.4 Å². The molecule has 0 spiro atoms. The fourth-order valence-electron chi connectivity index (χ4n) is 3.13. The summed E-state index contributed by atoms with van der Waals surface area (Å²) in [6.07, 6.45) is 2.79. The van der Waals surface area contributed by atoms with Gasteiger partial charge in [-0.2, -0.15) is 5.26 Å². The summed E-state index contributed by atoms with van der Waals surface area (Å²) in [7, 11) is 0.232. The van der Waals surface area contributed by atoms with Gasteiger partial charge >= 0.3 is 0 Å². The van der Waals surface area contributed by atoms with Gasteiger partial charge < -0.3 is 10.2 Å². The van der Waals surface area contributed by atoms with Gasteiger partial charge in [0.2, 0.25) is 0 Å². The number of carbonyl (C=O) groups is 1. The third-order valence-corrected chi connectivity index (χ3v) is 5.85. The van der Waals surface area contributed by atoms with Crippen LogP contribution in [-0.2, 0) is 9.84 Å². The van der Waals surface area contributed by atoms with E-state index < -0.39 is 15.7 Å². The van der Waals surface area contributed by atoms with Gasteiger partial charge in [0, 0.05) is 43.4 Å². The number of nitriles is 1. The number of rotatable bonds is 5. The number of amides is 1. The molecule has 0 fully saturated rings.